The van der Waals surface area contributed by atoms with E-state index in [2.05, 4.69) is 38.2 Å². The van der Waals surface area contributed by atoms with Gasteiger partial charge in [-0.2, -0.15) is 0 Å². The Morgan fingerprint density at radius 3 is 2.31 bits per heavy atom. The molecule has 15 nitrogen and oxygen atoms in total. The Bertz CT molecular complexity index is 1880. The lowest BCUT2D eigenvalue weighted by atomic mass is 9.71. The molecule has 2 N–H and O–H groups in total. The van der Waals surface area contributed by atoms with Crippen LogP contribution in [0.1, 0.15) is 94.4 Å². The average Bonchev–Trinajstić information content (AvgIpc) is 3.58. The van der Waals surface area contributed by atoms with E-state index in [1.165, 1.54) is 13.0 Å². The maximum atomic E-state index is 14.3. The van der Waals surface area contributed by atoms with Crippen molar-refractivity contribution in [1.82, 2.24) is 5.32 Å². The first-order valence-electron chi connectivity index (χ1n) is 23.2. The molecule has 6 heterocycles. The third-order valence-corrected chi connectivity index (χ3v) is 14.2. The molecule has 7 rings (SSSR count). The number of carbonyl (C=O) groups excluding carboxylic acids is 3. The number of Topliss-reactive ketones (excluding diaryl/α,β-unsaturated/α-hetero) is 1. The maximum absolute atomic E-state index is 14.3. The normalized spacial score (nSPS) is 45.5. The Balaban J connectivity index is 1.16. The van der Waals surface area contributed by atoms with Gasteiger partial charge >= 0.3 is 5.97 Å². The van der Waals surface area contributed by atoms with Crippen LogP contribution in [0.3, 0.4) is 0 Å². The van der Waals surface area contributed by atoms with Gasteiger partial charge in [-0.3, -0.25) is 14.4 Å². The van der Waals surface area contributed by atoms with Crippen LogP contribution in [0.15, 0.2) is 59.3 Å². The van der Waals surface area contributed by atoms with Gasteiger partial charge in [-0.25, -0.2) is 0 Å². The number of hydrogen-bond donors (Lipinski definition) is 2. The SMILES string of the molecule is CO[C@H]1C[C@H](O[C@H]2[C@H](C)O[C@@H](O[C@@H]3/C(C)=C\C[C@@H]4C[C@@H](C[C@]5(C=C[C@H](C)[C@@H](C(C)C)O5)O4)OC(=O)[C@@H]4C=C(C)C(=O)[C@H]5OCC(=C/C=C\[C@@H]3C)[C@]54O)C[C@@H]2OC)O[C@@H](C)[C@H]1NC(C)=O. The Morgan fingerprint density at radius 1 is 0.906 bits per heavy atom. The highest BCUT2D eigenvalue weighted by atomic mass is 16.7. The minimum atomic E-state index is -1.94. The molecule has 0 aromatic heterocycles. The van der Waals surface area contributed by atoms with E-state index in [-0.39, 0.29) is 66.8 Å². The summed E-state index contributed by atoms with van der Waals surface area (Å²) in [6.45, 7) is 17.3. The number of hydrogen-bond acceptors (Lipinski definition) is 14. The summed E-state index contributed by atoms with van der Waals surface area (Å²) in [6.07, 6.45) is 8.98. The monoisotopic (exact) mass is 897 g/mol. The fraction of sp³-hybridized carbons (Fsp3) is 0.735. The van der Waals surface area contributed by atoms with Crippen LogP contribution in [0.4, 0.5) is 0 Å². The Morgan fingerprint density at radius 2 is 1.61 bits per heavy atom. The summed E-state index contributed by atoms with van der Waals surface area (Å²) < 4.78 is 64.0. The van der Waals surface area contributed by atoms with Crippen molar-refractivity contribution < 1.29 is 66.9 Å². The number of rotatable bonds is 8. The Hall–Kier alpha value is -3.09. The van der Waals surface area contributed by atoms with Crippen LogP contribution in [0.2, 0.25) is 0 Å². The molecule has 4 fully saturated rings. The van der Waals surface area contributed by atoms with Crippen LogP contribution in [-0.2, 0) is 61.8 Å². The summed E-state index contributed by atoms with van der Waals surface area (Å²) >= 11 is 0. The van der Waals surface area contributed by atoms with E-state index < -0.39 is 78.6 Å². The van der Waals surface area contributed by atoms with E-state index in [1.54, 1.807) is 27.2 Å². The molecule has 0 aromatic carbocycles. The highest BCUT2D eigenvalue weighted by molar-refractivity contribution is 6.03. The lowest BCUT2D eigenvalue weighted by Crippen LogP contribution is -2.58. The second kappa shape index (κ2) is 20.0. The van der Waals surface area contributed by atoms with Crippen molar-refractivity contribution in [3.63, 3.8) is 0 Å². The van der Waals surface area contributed by atoms with Crippen LogP contribution in [-0.4, -0.2) is 135 Å². The van der Waals surface area contributed by atoms with Crippen molar-refractivity contribution in [1.29, 1.82) is 0 Å². The van der Waals surface area contributed by atoms with Gasteiger partial charge in [0.25, 0.3) is 0 Å². The quantitative estimate of drug-likeness (QED) is 0.236. The van der Waals surface area contributed by atoms with Crippen molar-refractivity contribution >= 4 is 17.7 Å². The second-order valence-electron chi connectivity index (χ2n) is 19.4. The van der Waals surface area contributed by atoms with Crippen molar-refractivity contribution in [3.8, 4) is 0 Å². The molecule has 6 aliphatic heterocycles. The molecule has 18 atom stereocenters. The standard InChI is InChI=1S/C49H71NO14/c1-25(2)43-28(5)17-18-48(64-43)23-35-20-34(63-48)16-15-27(4)44(26(3)13-12-14-33-24-57-46-42(52)29(6)19-36(47(53)60-35)49(33,46)54)61-40-22-38(56-11)45(31(8)59-40)62-39-21-37(55-10)41(30(7)58-39)50-32(9)51/h12-15,17-19,25-26,28,30-31,34-41,43-46,54H,16,20-24H2,1-11H3,(H,50,51)/b13-12-,27-15-,33-14?/t26-,28-,30-,31-,34+,35-,36-,37-,38-,39-,40-,41+,43+,44-,45-,46+,48+,49+/m0/s1. The second-order valence-corrected chi connectivity index (χ2v) is 19.4. The van der Waals surface area contributed by atoms with Crippen LogP contribution in [0.5, 0.6) is 0 Å². The van der Waals surface area contributed by atoms with E-state index in [0.717, 1.165) is 5.57 Å². The zero-order valence-corrected chi connectivity index (χ0v) is 39.4. The first-order chi connectivity index (χ1) is 30.4. The number of ketones is 1. The molecule has 0 radical (unpaired) electrons. The molecule has 64 heavy (non-hydrogen) atoms. The zero-order valence-electron chi connectivity index (χ0n) is 39.4. The smallest absolute Gasteiger partial charge is 0.316 e. The minimum absolute atomic E-state index is 0.0342. The number of fused-ring (bicyclic) bond motifs is 2. The van der Waals surface area contributed by atoms with Crippen LogP contribution in [0, 0.1) is 23.7 Å². The summed E-state index contributed by atoms with van der Waals surface area (Å²) in [6, 6.07) is -0.318. The van der Waals surface area contributed by atoms with Gasteiger partial charge in [0.15, 0.2) is 30.3 Å². The number of esters is 1. The number of nitrogens with one attached hydrogen (secondary N) is 1. The Kier molecular flexibility index (Phi) is 15.3. The number of allylic oxidation sites excluding steroid dienone is 2. The van der Waals surface area contributed by atoms with E-state index in [9.17, 15) is 19.5 Å². The van der Waals surface area contributed by atoms with Gasteiger partial charge in [0, 0.05) is 58.7 Å². The number of aliphatic hydroxyl groups is 1. The average molecular weight is 898 g/mol. The first-order valence-corrected chi connectivity index (χ1v) is 23.2. The predicted molar refractivity (Wildman–Crippen MR) is 233 cm³/mol. The predicted octanol–water partition coefficient (Wildman–Crippen LogP) is 5.34. The highest BCUT2D eigenvalue weighted by Crippen LogP contribution is 2.46. The lowest BCUT2D eigenvalue weighted by molar-refractivity contribution is -0.311. The molecule has 15 heteroatoms. The van der Waals surface area contributed by atoms with Gasteiger partial charge in [0.05, 0.1) is 55.4 Å². The maximum Gasteiger partial charge on any atom is 0.316 e. The molecule has 4 saturated heterocycles. The topological polar surface area (TPSA) is 176 Å². The van der Waals surface area contributed by atoms with Gasteiger partial charge in [0.1, 0.15) is 23.7 Å². The number of carbonyl (C=O) groups is 3. The van der Waals surface area contributed by atoms with Crippen molar-refractivity contribution in [2.75, 3.05) is 20.8 Å². The van der Waals surface area contributed by atoms with E-state index in [1.807, 2.05) is 45.9 Å². The lowest BCUT2D eigenvalue weighted by Gasteiger charge is -2.48. The molecule has 0 unspecified atom stereocenters. The van der Waals surface area contributed by atoms with Gasteiger partial charge in [-0.05, 0) is 62.8 Å². The van der Waals surface area contributed by atoms with Crippen molar-refractivity contribution in [3.05, 3.63) is 59.3 Å². The number of methoxy groups -OCH3 is 2. The number of ether oxygens (including phenoxy) is 10. The van der Waals surface area contributed by atoms with Gasteiger partial charge in [-0.1, -0.05) is 64.2 Å². The molecule has 1 amide bonds. The van der Waals surface area contributed by atoms with Crippen LogP contribution < -0.4 is 5.32 Å². The molecule has 1 aliphatic carbocycles. The molecular weight excluding hydrogens is 827 g/mol. The Labute approximate surface area is 378 Å². The summed E-state index contributed by atoms with van der Waals surface area (Å²) in [5, 5.41) is 15.4. The van der Waals surface area contributed by atoms with Crippen LogP contribution >= 0.6 is 0 Å². The van der Waals surface area contributed by atoms with Gasteiger partial charge in [0.2, 0.25) is 5.91 Å². The molecule has 7 aliphatic rings. The number of amides is 1. The van der Waals surface area contributed by atoms with Crippen molar-refractivity contribution in [2.24, 2.45) is 23.7 Å². The van der Waals surface area contributed by atoms with Crippen LogP contribution in [0.25, 0.3) is 0 Å². The molecule has 0 aromatic rings. The van der Waals surface area contributed by atoms with Gasteiger partial charge in [-0.15, -0.1) is 0 Å². The zero-order chi connectivity index (χ0) is 46.2. The largest absolute Gasteiger partial charge is 0.462 e. The van der Waals surface area contributed by atoms with E-state index in [0.29, 0.717) is 36.8 Å². The van der Waals surface area contributed by atoms with Crippen molar-refractivity contribution in [2.45, 2.75) is 185 Å². The van der Waals surface area contributed by atoms with E-state index in [4.69, 9.17) is 47.4 Å². The summed E-state index contributed by atoms with van der Waals surface area (Å²) in [4.78, 5) is 39.6. The van der Waals surface area contributed by atoms with E-state index >= 15 is 0 Å². The summed E-state index contributed by atoms with van der Waals surface area (Å²) in [5.41, 5.74) is -0.254. The fourth-order valence-corrected chi connectivity index (χ4v) is 10.7. The first kappa shape index (κ1) is 48.8. The third-order valence-electron chi connectivity index (χ3n) is 14.2. The molecule has 2 bridgehead atoms. The minimum Gasteiger partial charge on any atom is -0.462 e. The highest BCUT2D eigenvalue weighted by Gasteiger charge is 2.60. The fourth-order valence-electron chi connectivity index (χ4n) is 10.7. The molecular formula is C49H71NO14. The molecule has 356 valence electrons. The van der Waals surface area contributed by atoms with Gasteiger partial charge < -0.3 is 57.8 Å². The summed E-state index contributed by atoms with van der Waals surface area (Å²) in [5.74, 6) is -3.33. The molecule has 1 spiro atoms. The molecule has 0 saturated carbocycles. The summed E-state index contributed by atoms with van der Waals surface area (Å²) in [7, 11) is 3.26. The third kappa shape index (κ3) is 10.1.